The third kappa shape index (κ3) is 4.28. The lowest BCUT2D eigenvalue weighted by molar-refractivity contribution is -0.142. The van der Waals surface area contributed by atoms with Crippen LogP contribution in [0, 0.1) is 0 Å². The molecule has 0 bridgehead atoms. The molecule has 1 amide bonds. The molecular formula is C17H22N2O6S. The molecule has 26 heavy (non-hydrogen) atoms. The number of piperidine rings is 1. The van der Waals surface area contributed by atoms with Crippen LogP contribution in [0.15, 0.2) is 29.2 Å². The number of carboxylic acids is 1. The molecule has 0 radical (unpaired) electrons. The third-order valence-corrected chi connectivity index (χ3v) is 6.28. The van der Waals surface area contributed by atoms with Gasteiger partial charge in [0, 0.05) is 12.1 Å². The van der Waals surface area contributed by atoms with E-state index in [9.17, 15) is 22.8 Å². The highest BCUT2D eigenvalue weighted by atomic mass is 32.2. The zero-order chi connectivity index (χ0) is 19.5. The zero-order valence-corrected chi connectivity index (χ0v) is 15.5. The molecule has 1 heterocycles. The fourth-order valence-corrected chi connectivity index (χ4v) is 4.48. The molecule has 1 fully saturated rings. The standard InChI is InChI=1S/C17H22N2O6S/c1-11(17(22)23)18-16(21)15-5-3-4-10-19(15)26(24,25)14-8-6-13(7-9-14)12(2)20/h6-9,11,15H,3-5,10H2,1-2H3,(H,18,21)(H,22,23). The number of benzene rings is 1. The van der Waals surface area contributed by atoms with E-state index in [2.05, 4.69) is 5.32 Å². The van der Waals surface area contributed by atoms with Crippen LogP contribution in [0.25, 0.3) is 0 Å². The van der Waals surface area contributed by atoms with E-state index in [0.717, 1.165) is 4.31 Å². The Morgan fingerprint density at radius 2 is 1.81 bits per heavy atom. The Bertz CT molecular complexity index is 803. The smallest absolute Gasteiger partial charge is 0.325 e. The minimum atomic E-state index is -3.94. The molecule has 1 aromatic carbocycles. The van der Waals surface area contributed by atoms with Crippen molar-refractivity contribution in [1.29, 1.82) is 0 Å². The van der Waals surface area contributed by atoms with Gasteiger partial charge in [0.25, 0.3) is 0 Å². The summed E-state index contributed by atoms with van der Waals surface area (Å²) >= 11 is 0. The Morgan fingerprint density at radius 3 is 2.35 bits per heavy atom. The van der Waals surface area contributed by atoms with Crippen molar-refractivity contribution in [2.45, 2.75) is 50.1 Å². The fraction of sp³-hybridized carbons (Fsp3) is 0.471. The monoisotopic (exact) mass is 382 g/mol. The maximum atomic E-state index is 12.9. The summed E-state index contributed by atoms with van der Waals surface area (Å²) in [4.78, 5) is 34.7. The lowest BCUT2D eigenvalue weighted by Crippen LogP contribution is -2.54. The van der Waals surface area contributed by atoms with Crippen molar-refractivity contribution in [2.75, 3.05) is 6.54 Å². The third-order valence-electron chi connectivity index (χ3n) is 4.35. The van der Waals surface area contributed by atoms with E-state index in [0.29, 0.717) is 24.8 Å². The molecule has 142 valence electrons. The second-order valence-corrected chi connectivity index (χ2v) is 8.17. The van der Waals surface area contributed by atoms with Gasteiger partial charge < -0.3 is 10.4 Å². The summed E-state index contributed by atoms with van der Waals surface area (Å²) in [6.07, 6.45) is 1.61. The van der Waals surface area contributed by atoms with Gasteiger partial charge in [0.1, 0.15) is 12.1 Å². The van der Waals surface area contributed by atoms with Crippen molar-refractivity contribution < 1.29 is 27.9 Å². The van der Waals surface area contributed by atoms with Crippen LogP contribution in [-0.4, -0.2) is 54.1 Å². The molecule has 2 atom stereocenters. The van der Waals surface area contributed by atoms with Crippen LogP contribution in [0.5, 0.6) is 0 Å². The van der Waals surface area contributed by atoms with Gasteiger partial charge in [0.2, 0.25) is 15.9 Å². The van der Waals surface area contributed by atoms with E-state index in [1.54, 1.807) is 0 Å². The van der Waals surface area contributed by atoms with Crippen LogP contribution < -0.4 is 5.32 Å². The number of carbonyl (C=O) groups excluding carboxylic acids is 2. The van der Waals surface area contributed by atoms with E-state index in [4.69, 9.17) is 5.11 Å². The highest BCUT2D eigenvalue weighted by Gasteiger charge is 2.38. The van der Waals surface area contributed by atoms with Gasteiger partial charge in [-0.25, -0.2) is 8.42 Å². The molecule has 0 aromatic heterocycles. The van der Waals surface area contributed by atoms with Crippen molar-refractivity contribution in [3.63, 3.8) is 0 Å². The number of carbonyl (C=O) groups is 3. The van der Waals surface area contributed by atoms with Gasteiger partial charge in [-0.1, -0.05) is 18.6 Å². The van der Waals surface area contributed by atoms with Crippen molar-refractivity contribution in [2.24, 2.45) is 0 Å². The predicted molar refractivity (Wildman–Crippen MR) is 93.2 cm³/mol. The van der Waals surface area contributed by atoms with Crippen LogP contribution >= 0.6 is 0 Å². The molecule has 1 aliphatic rings. The van der Waals surface area contributed by atoms with E-state index in [-0.39, 0.29) is 17.2 Å². The first-order valence-corrected chi connectivity index (χ1v) is 9.74. The van der Waals surface area contributed by atoms with Crippen LogP contribution in [0.2, 0.25) is 0 Å². The van der Waals surface area contributed by atoms with Gasteiger partial charge in [-0.2, -0.15) is 4.31 Å². The number of aliphatic carboxylic acids is 1. The maximum Gasteiger partial charge on any atom is 0.325 e. The summed E-state index contributed by atoms with van der Waals surface area (Å²) in [5.41, 5.74) is 0.396. The highest BCUT2D eigenvalue weighted by Crippen LogP contribution is 2.26. The Hall–Kier alpha value is -2.26. The average molecular weight is 382 g/mol. The molecule has 1 aromatic rings. The largest absolute Gasteiger partial charge is 0.480 e. The summed E-state index contributed by atoms with van der Waals surface area (Å²) in [5, 5.41) is 11.3. The van der Waals surface area contributed by atoms with Crippen LogP contribution in [0.4, 0.5) is 0 Å². The first kappa shape index (κ1) is 20.1. The summed E-state index contributed by atoms with van der Waals surface area (Å²) in [6.45, 7) is 2.89. The van der Waals surface area contributed by atoms with E-state index in [1.165, 1.54) is 38.1 Å². The molecule has 2 unspecified atom stereocenters. The van der Waals surface area contributed by atoms with Gasteiger partial charge in [0.05, 0.1) is 4.90 Å². The molecular weight excluding hydrogens is 360 g/mol. The number of carboxylic acid groups (broad SMARTS) is 1. The average Bonchev–Trinajstić information content (AvgIpc) is 2.61. The van der Waals surface area contributed by atoms with Crippen LogP contribution in [-0.2, 0) is 19.6 Å². The number of amides is 1. The van der Waals surface area contributed by atoms with Gasteiger partial charge in [0.15, 0.2) is 5.78 Å². The molecule has 0 aliphatic carbocycles. The number of hydrogen-bond acceptors (Lipinski definition) is 5. The Labute approximate surface area is 152 Å². The van der Waals surface area contributed by atoms with E-state index in [1.807, 2.05) is 0 Å². The van der Waals surface area contributed by atoms with Crippen LogP contribution in [0.1, 0.15) is 43.5 Å². The van der Waals surface area contributed by atoms with E-state index < -0.39 is 34.0 Å². The molecule has 2 rings (SSSR count). The van der Waals surface area contributed by atoms with Crippen molar-refractivity contribution >= 4 is 27.7 Å². The first-order chi connectivity index (χ1) is 12.1. The molecule has 9 heteroatoms. The van der Waals surface area contributed by atoms with Gasteiger partial charge in [-0.05, 0) is 38.8 Å². The molecule has 1 aliphatic heterocycles. The number of ketones is 1. The van der Waals surface area contributed by atoms with Gasteiger partial charge >= 0.3 is 5.97 Å². The minimum absolute atomic E-state index is 0.00603. The summed E-state index contributed by atoms with van der Waals surface area (Å²) in [5.74, 6) is -1.99. The second kappa shape index (κ2) is 7.96. The number of hydrogen-bond donors (Lipinski definition) is 2. The second-order valence-electron chi connectivity index (χ2n) is 6.28. The van der Waals surface area contributed by atoms with Crippen molar-refractivity contribution in [1.82, 2.24) is 9.62 Å². The maximum absolute atomic E-state index is 12.9. The highest BCUT2D eigenvalue weighted by molar-refractivity contribution is 7.89. The summed E-state index contributed by atoms with van der Waals surface area (Å²) in [7, 11) is -3.94. The lowest BCUT2D eigenvalue weighted by atomic mass is 10.0. The number of nitrogens with zero attached hydrogens (tertiary/aromatic N) is 1. The minimum Gasteiger partial charge on any atom is -0.480 e. The normalized spacial score (nSPS) is 19.5. The Morgan fingerprint density at radius 1 is 1.19 bits per heavy atom. The molecule has 0 saturated carbocycles. The molecule has 0 spiro atoms. The molecule has 2 N–H and O–H groups in total. The molecule has 8 nitrogen and oxygen atoms in total. The quantitative estimate of drug-likeness (QED) is 0.709. The summed E-state index contributed by atoms with van der Waals surface area (Å²) in [6, 6.07) is 3.49. The van der Waals surface area contributed by atoms with Crippen molar-refractivity contribution in [3.8, 4) is 0 Å². The van der Waals surface area contributed by atoms with E-state index >= 15 is 0 Å². The Kier molecular flexibility index (Phi) is 6.14. The first-order valence-electron chi connectivity index (χ1n) is 8.30. The lowest BCUT2D eigenvalue weighted by Gasteiger charge is -2.34. The number of sulfonamides is 1. The van der Waals surface area contributed by atoms with Crippen molar-refractivity contribution in [3.05, 3.63) is 29.8 Å². The SMILES string of the molecule is CC(=O)c1ccc(S(=O)(=O)N2CCCCC2C(=O)NC(C)C(=O)O)cc1. The number of rotatable bonds is 6. The number of Topliss-reactive ketones (excluding diaryl/α,β-unsaturated/α-hetero) is 1. The Balaban J connectivity index is 2.28. The fourth-order valence-electron chi connectivity index (χ4n) is 2.82. The zero-order valence-electron chi connectivity index (χ0n) is 14.6. The van der Waals surface area contributed by atoms with Crippen LogP contribution in [0.3, 0.4) is 0 Å². The number of nitrogens with one attached hydrogen (secondary N) is 1. The van der Waals surface area contributed by atoms with Gasteiger partial charge in [-0.3, -0.25) is 14.4 Å². The topological polar surface area (TPSA) is 121 Å². The van der Waals surface area contributed by atoms with Gasteiger partial charge in [-0.15, -0.1) is 0 Å². The molecule has 1 saturated heterocycles. The predicted octanol–water partition coefficient (Wildman–Crippen LogP) is 1.02. The summed E-state index contributed by atoms with van der Waals surface area (Å²) < 4.78 is 27.0.